The van der Waals surface area contributed by atoms with Gasteiger partial charge in [-0.05, 0) is 20.0 Å². The van der Waals surface area contributed by atoms with Crippen LogP contribution in [-0.4, -0.2) is 24.8 Å². The summed E-state index contributed by atoms with van der Waals surface area (Å²) >= 11 is 0. The monoisotopic (exact) mass is 136 g/mol. The SMILES string of the molecule is CCNCC.CCO.N. The molecule has 0 aromatic heterocycles. The number of aliphatic hydroxyl groups excluding tert-OH is 1. The summed E-state index contributed by atoms with van der Waals surface area (Å²) in [4.78, 5) is 0. The Bertz CT molecular complexity index is 25.0. The summed E-state index contributed by atoms with van der Waals surface area (Å²) in [5.41, 5.74) is 0. The maximum absolute atomic E-state index is 7.57. The standard InChI is InChI=1S/C4H11N.C2H6O.H3N/c1-3-5-4-2;1-2-3;/h5H,3-4H2,1-2H3;3H,2H2,1H3;1H3. The van der Waals surface area contributed by atoms with E-state index in [9.17, 15) is 0 Å². The first-order chi connectivity index (χ1) is 3.83. The number of aliphatic hydroxyl groups is 1. The zero-order valence-corrected chi connectivity index (χ0v) is 6.78. The summed E-state index contributed by atoms with van der Waals surface area (Å²) in [7, 11) is 0. The van der Waals surface area contributed by atoms with E-state index in [1.54, 1.807) is 6.92 Å². The average Bonchev–Trinajstić information content (AvgIpc) is 1.71. The third-order valence-electron chi connectivity index (χ3n) is 0.500. The van der Waals surface area contributed by atoms with Crippen LogP contribution in [0.3, 0.4) is 0 Å². The molecule has 0 saturated carbocycles. The molecule has 9 heavy (non-hydrogen) atoms. The van der Waals surface area contributed by atoms with Crippen LogP contribution in [0.2, 0.25) is 0 Å². The Morgan fingerprint density at radius 2 is 1.33 bits per heavy atom. The van der Waals surface area contributed by atoms with E-state index in [4.69, 9.17) is 5.11 Å². The highest BCUT2D eigenvalue weighted by Crippen LogP contribution is 1.47. The Labute approximate surface area is 58.0 Å². The van der Waals surface area contributed by atoms with Crippen molar-refractivity contribution in [3.63, 3.8) is 0 Å². The molecule has 0 aliphatic heterocycles. The van der Waals surface area contributed by atoms with Gasteiger partial charge < -0.3 is 16.6 Å². The lowest BCUT2D eigenvalue weighted by atomic mass is 10.7. The van der Waals surface area contributed by atoms with Crippen LogP contribution in [0, 0.1) is 0 Å². The molecule has 0 aliphatic carbocycles. The molecule has 0 fully saturated rings. The third kappa shape index (κ3) is 77.1. The molecular weight excluding hydrogens is 116 g/mol. The van der Waals surface area contributed by atoms with Crippen molar-refractivity contribution in [2.45, 2.75) is 20.8 Å². The highest BCUT2D eigenvalue weighted by atomic mass is 16.2. The molecule has 0 unspecified atom stereocenters. The molecule has 3 nitrogen and oxygen atoms in total. The molecule has 0 radical (unpaired) electrons. The number of rotatable bonds is 2. The van der Waals surface area contributed by atoms with Crippen LogP contribution in [0.15, 0.2) is 0 Å². The maximum atomic E-state index is 7.57. The Morgan fingerprint density at radius 3 is 1.33 bits per heavy atom. The van der Waals surface area contributed by atoms with Crippen molar-refractivity contribution in [2.24, 2.45) is 0 Å². The zero-order chi connectivity index (χ0) is 6.83. The summed E-state index contributed by atoms with van der Waals surface area (Å²) < 4.78 is 0. The molecule has 0 atom stereocenters. The van der Waals surface area contributed by atoms with Gasteiger partial charge in [-0.2, -0.15) is 0 Å². The van der Waals surface area contributed by atoms with Gasteiger partial charge in [0, 0.05) is 6.61 Å². The first-order valence-electron chi connectivity index (χ1n) is 3.14. The highest BCUT2D eigenvalue weighted by Gasteiger charge is 1.62. The quantitative estimate of drug-likeness (QED) is 0.525. The normalized spacial score (nSPS) is 6.67. The Balaban J connectivity index is -0.0000000800. The predicted octanol–water partition coefficient (Wildman–Crippen LogP) is 0.776. The second kappa shape index (κ2) is 24.8. The van der Waals surface area contributed by atoms with Crippen molar-refractivity contribution < 1.29 is 5.11 Å². The Hall–Kier alpha value is -0.120. The van der Waals surface area contributed by atoms with Gasteiger partial charge in [0.15, 0.2) is 0 Å². The third-order valence-corrected chi connectivity index (χ3v) is 0.500. The van der Waals surface area contributed by atoms with E-state index in [0.717, 1.165) is 13.1 Å². The van der Waals surface area contributed by atoms with Gasteiger partial charge in [0.1, 0.15) is 0 Å². The van der Waals surface area contributed by atoms with Gasteiger partial charge in [-0.15, -0.1) is 0 Å². The van der Waals surface area contributed by atoms with Crippen LogP contribution in [0.4, 0.5) is 0 Å². The summed E-state index contributed by atoms with van der Waals surface area (Å²) in [6, 6.07) is 0. The van der Waals surface area contributed by atoms with Crippen molar-refractivity contribution in [2.75, 3.05) is 19.7 Å². The minimum absolute atomic E-state index is 0. The van der Waals surface area contributed by atoms with Gasteiger partial charge in [0.2, 0.25) is 0 Å². The second-order valence-electron chi connectivity index (χ2n) is 1.27. The first kappa shape index (κ1) is 15.9. The summed E-state index contributed by atoms with van der Waals surface area (Å²) in [5, 5.41) is 10.7. The van der Waals surface area contributed by atoms with Gasteiger partial charge in [-0.1, -0.05) is 13.8 Å². The van der Waals surface area contributed by atoms with Gasteiger partial charge in [-0.25, -0.2) is 0 Å². The van der Waals surface area contributed by atoms with E-state index < -0.39 is 0 Å². The molecule has 0 rings (SSSR count). The van der Waals surface area contributed by atoms with E-state index in [2.05, 4.69) is 19.2 Å². The van der Waals surface area contributed by atoms with E-state index in [0.29, 0.717) is 0 Å². The lowest BCUT2D eigenvalue weighted by Gasteiger charge is -1.86. The summed E-state index contributed by atoms with van der Waals surface area (Å²) in [6.45, 7) is 8.32. The second-order valence-corrected chi connectivity index (χ2v) is 1.27. The largest absolute Gasteiger partial charge is 0.397 e. The van der Waals surface area contributed by atoms with Crippen molar-refractivity contribution in [1.82, 2.24) is 11.5 Å². The van der Waals surface area contributed by atoms with Crippen LogP contribution < -0.4 is 11.5 Å². The zero-order valence-electron chi connectivity index (χ0n) is 6.78. The smallest absolute Gasteiger partial charge is 0.0402 e. The minimum atomic E-state index is 0. The number of hydrogen-bond donors (Lipinski definition) is 3. The molecule has 0 heterocycles. The molecular formula is C6H20N2O. The fourth-order valence-electron chi connectivity index (χ4n) is 0.250. The average molecular weight is 136 g/mol. The van der Waals surface area contributed by atoms with Crippen LogP contribution in [-0.2, 0) is 0 Å². The van der Waals surface area contributed by atoms with Crippen LogP contribution in [0.25, 0.3) is 0 Å². The van der Waals surface area contributed by atoms with E-state index in [1.165, 1.54) is 0 Å². The molecule has 0 aromatic rings. The molecule has 0 bridgehead atoms. The van der Waals surface area contributed by atoms with E-state index in [1.807, 2.05) is 0 Å². The van der Waals surface area contributed by atoms with Crippen molar-refractivity contribution in [3.8, 4) is 0 Å². The van der Waals surface area contributed by atoms with Crippen LogP contribution >= 0.6 is 0 Å². The molecule has 0 saturated heterocycles. The lowest BCUT2D eigenvalue weighted by Crippen LogP contribution is -2.09. The fourth-order valence-corrected chi connectivity index (χ4v) is 0.250. The van der Waals surface area contributed by atoms with E-state index >= 15 is 0 Å². The molecule has 0 aromatic carbocycles. The molecule has 60 valence electrons. The fraction of sp³-hybridized carbons (Fsp3) is 1.00. The molecule has 5 N–H and O–H groups in total. The van der Waals surface area contributed by atoms with Crippen LogP contribution in [0.1, 0.15) is 20.8 Å². The van der Waals surface area contributed by atoms with Gasteiger partial charge in [0.25, 0.3) is 0 Å². The van der Waals surface area contributed by atoms with Gasteiger partial charge in [-0.3, -0.25) is 0 Å². The Morgan fingerprint density at radius 1 is 1.11 bits per heavy atom. The van der Waals surface area contributed by atoms with Gasteiger partial charge >= 0.3 is 0 Å². The lowest BCUT2D eigenvalue weighted by molar-refractivity contribution is 0.318. The van der Waals surface area contributed by atoms with Gasteiger partial charge in [0.05, 0.1) is 0 Å². The summed E-state index contributed by atoms with van der Waals surface area (Å²) in [6.07, 6.45) is 0. The van der Waals surface area contributed by atoms with Crippen molar-refractivity contribution >= 4 is 0 Å². The maximum Gasteiger partial charge on any atom is 0.0402 e. The Kier molecular flexibility index (Phi) is 43.9. The van der Waals surface area contributed by atoms with E-state index in [-0.39, 0.29) is 12.8 Å². The first-order valence-corrected chi connectivity index (χ1v) is 3.14. The number of nitrogens with one attached hydrogen (secondary N) is 1. The van der Waals surface area contributed by atoms with Crippen molar-refractivity contribution in [1.29, 1.82) is 0 Å². The molecule has 0 amide bonds. The highest BCUT2D eigenvalue weighted by molar-refractivity contribution is 4.27. The predicted molar refractivity (Wildman–Crippen MR) is 42.0 cm³/mol. The van der Waals surface area contributed by atoms with Crippen LogP contribution in [0.5, 0.6) is 0 Å². The molecule has 0 spiro atoms. The minimum Gasteiger partial charge on any atom is -0.397 e. The topological polar surface area (TPSA) is 67.3 Å². The summed E-state index contributed by atoms with van der Waals surface area (Å²) in [5.74, 6) is 0. The van der Waals surface area contributed by atoms with Crippen molar-refractivity contribution in [3.05, 3.63) is 0 Å². The number of hydrogen-bond acceptors (Lipinski definition) is 3. The molecule has 3 heteroatoms. The molecule has 0 aliphatic rings.